The van der Waals surface area contributed by atoms with Gasteiger partial charge in [-0.05, 0) is 19.3 Å². The Morgan fingerprint density at radius 3 is 1.48 bits per heavy atom. The third-order valence-corrected chi connectivity index (χ3v) is 5.36. The molecule has 0 saturated heterocycles. The number of hydrogen-bond acceptors (Lipinski definition) is 4. The maximum Gasteiger partial charge on any atom is 1.00 e. The van der Waals surface area contributed by atoms with Crippen LogP contribution in [-0.2, 0) is 10.1 Å². The van der Waals surface area contributed by atoms with Crippen molar-refractivity contribution in [1.82, 2.24) is 0 Å². The van der Waals surface area contributed by atoms with E-state index >= 15 is 0 Å². The molecule has 0 aliphatic heterocycles. The molecule has 25 heavy (non-hydrogen) atoms. The molecule has 0 aromatic heterocycles. The monoisotopic (exact) mass is 386 g/mol. The molecule has 0 aliphatic rings. The van der Waals surface area contributed by atoms with E-state index < -0.39 is 10.1 Å². The average molecular weight is 387 g/mol. The first-order chi connectivity index (χ1) is 11.5. The molecule has 1 unspecified atom stereocenters. The Bertz CT molecular complexity index is 360. The van der Waals surface area contributed by atoms with Gasteiger partial charge in [-0.1, -0.05) is 90.4 Å². The van der Waals surface area contributed by atoms with Gasteiger partial charge in [-0.25, -0.2) is 8.42 Å². The van der Waals surface area contributed by atoms with Crippen molar-refractivity contribution in [3.8, 4) is 0 Å². The van der Waals surface area contributed by atoms with Crippen LogP contribution in [0.4, 0.5) is 0 Å². The summed E-state index contributed by atoms with van der Waals surface area (Å²) in [6.07, 6.45) is 17.6. The molecule has 0 rings (SSSR count). The van der Waals surface area contributed by atoms with Crippen molar-refractivity contribution in [3.05, 3.63) is 0 Å². The molecule has 0 aliphatic carbocycles. The van der Waals surface area contributed by atoms with Gasteiger partial charge < -0.3 is 9.66 Å². The first-order valence-corrected chi connectivity index (χ1v) is 11.6. The summed E-state index contributed by atoms with van der Waals surface area (Å²) in [5, 5.41) is 9.87. The number of hydrogen-bond donors (Lipinski definition) is 1. The molecule has 0 aromatic carbocycles. The maximum atomic E-state index is 10.5. The smallest absolute Gasteiger partial charge is 0.748 e. The summed E-state index contributed by atoms with van der Waals surface area (Å²) in [5.41, 5.74) is 0. The van der Waals surface area contributed by atoms with Crippen molar-refractivity contribution < 1.29 is 47.6 Å². The molecule has 0 saturated carbocycles. The van der Waals surface area contributed by atoms with E-state index in [4.69, 9.17) is 0 Å². The molecule has 1 atom stereocenters. The average Bonchev–Trinajstić information content (AvgIpc) is 2.51. The zero-order valence-corrected chi connectivity index (χ0v) is 19.5. The summed E-state index contributed by atoms with van der Waals surface area (Å²) in [4.78, 5) is 0. The summed E-state index contributed by atoms with van der Waals surface area (Å²) < 4.78 is 31.4. The number of rotatable bonds is 18. The van der Waals surface area contributed by atoms with Crippen molar-refractivity contribution in [2.75, 3.05) is 5.75 Å². The van der Waals surface area contributed by atoms with Crippen molar-refractivity contribution in [1.29, 1.82) is 0 Å². The summed E-state index contributed by atoms with van der Waals surface area (Å²) in [6, 6.07) is 0. The summed E-state index contributed by atoms with van der Waals surface area (Å²) in [6.45, 7) is 2.25. The third kappa shape index (κ3) is 24.9. The largest absolute Gasteiger partial charge is 1.00 e. The molecule has 0 spiro atoms. The summed E-state index contributed by atoms with van der Waals surface area (Å²) >= 11 is 0. The second-order valence-electron chi connectivity index (χ2n) is 7.09. The quantitative estimate of drug-likeness (QED) is 0.222. The summed E-state index contributed by atoms with van der Waals surface area (Å²) in [5.74, 6) is -0.276. The Hall–Kier alpha value is 0.870. The van der Waals surface area contributed by atoms with Crippen LogP contribution >= 0.6 is 0 Å². The molecule has 0 bridgehead atoms. The van der Waals surface area contributed by atoms with Crippen LogP contribution in [0.3, 0.4) is 0 Å². The Labute approximate surface area is 178 Å². The minimum atomic E-state index is -4.07. The predicted molar refractivity (Wildman–Crippen MR) is 100 cm³/mol. The van der Waals surface area contributed by atoms with Gasteiger partial charge in [0.15, 0.2) is 0 Å². The molecule has 0 aromatic rings. The van der Waals surface area contributed by atoms with E-state index in [0.717, 1.165) is 25.7 Å². The number of unbranched alkanes of at least 4 members (excludes halogenated alkanes) is 12. The van der Waals surface area contributed by atoms with Crippen LogP contribution in [-0.4, -0.2) is 29.9 Å². The Morgan fingerprint density at radius 2 is 1.08 bits per heavy atom. The van der Waals surface area contributed by atoms with E-state index in [9.17, 15) is 18.1 Å². The van der Waals surface area contributed by atoms with Gasteiger partial charge >= 0.3 is 29.6 Å². The van der Waals surface area contributed by atoms with E-state index in [1.165, 1.54) is 64.2 Å². The zero-order valence-electron chi connectivity index (χ0n) is 16.7. The van der Waals surface area contributed by atoms with Gasteiger partial charge in [0.25, 0.3) is 0 Å². The second-order valence-corrected chi connectivity index (χ2v) is 8.61. The van der Waals surface area contributed by atoms with E-state index in [2.05, 4.69) is 6.92 Å². The fraction of sp³-hybridized carbons (Fsp3) is 1.00. The Kier molecular flexibility index (Phi) is 22.0. The SMILES string of the molecule is CCCCCCCCCCCCCC(O)CCCCCS(=O)(=O)[O-].[Na+]. The molecule has 0 heterocycles. The van der Waals surface area contributed by atoms with E-state index in [0.29, 0.717) is 12.8 Å². The van der Waals surface area contributed by atoms with Crippen LogP contribution < -0.4 is 29.6 Å². The Balaban J connectivity index is 0. The Morgan fingerprint density at radius 1 is 0.720 bits per heavy atom. The summed E-state index contributed by atoms with van der Waals surface area (Å²) in [7, 11) is -4.07. The molecule has 146 valence electrons. The maximum absolute atomic E-state index is 10.5. The van der Waals surface area contributed by atoms with E-state index in [1.807, 2.05) is 0 Å². The van der Waals surface area contributed by atoms with Crippen molar-refractivity contribution in [2.24, 2.45) is 0 Å². The normalized spacial score (nSPS) is 12.8. The third-order valence-electron chi connectivity index (χ3n) is 4.57. The molecule has 0 amide bonds. The van der Waals surface area contributed by atoms with Gasteiger partial charge in [0.1, 0.15) is 0 Å². The number of aliphatic hydroxyl groups excluding tert-OH is 1. The van der Waals surface area contributed by atoms with E-state index in [1.54, 1.807) is 0 Å². The van der Waals surface area contributed by atoms with Gasteiger partial charge in [0.2, 0.25) is 0 Å². The van der Waals surface area contributed by atoms with Crippen molar-refractivity contribution >= 4 is 10.1 Å². The van der Waals surface area contributed by atoms with E-state index in [-0.39, 0.29) is 41.4 Å². The fourth-order valence-electron chi connectivity index (χ4n) is 3.02. The fourth-order valence-corrected chi connectivity index (χ4v) is 3.58. The zero-order chi connectivity index (χ0) is 18.1. The van der Waals surface area contributed by atoms with Gasteiger partial charge in [0, 0.05) is 5.75 Å². The van der Waals surface area contributed by atoms with Crippen LogP contribution in [0.15, 0.2) is 0 Å². The van der Waals surface area contributed by atoms with Crippen LogP contribution in [0.5, 0.6) is 0 Å². The van der Waals surface area contributed by atoms with Crippen molar-refractivity contribution in [3.63, 3.8) is 0 Å². The molecule has 0 radical (unpaired) electrons. The van der Waals surface area contributed by atoms with Crippen LogP contribution in [0.1, 0.15) is 110 Å². The van der Waals surface area contributed by atoms with Gasteiger partial charge in [-0.15, -0.1) is 0 Å². The van der Waals surface area contributed by atoms with Crippen molar-refractivity contribution in [2.45, 2.75) is 116 Å². The minimum absolute atomic E-state index is 0. The number of aliphatic hydroxyl groups is 1. The first kappa shape index (κ1) is 28.1. The molecule has 1 N–H and O–H groups in total. The van der Waals surface area contributed by atoms with Crippen LogP contribution in [0, 0.1) is 0 Å². The first-order valence-electron chi connectivity index (χ1n) is 10.1. The molecule has 0 fully saturated rings. The molecular weight excluding hydrogens is 347 g/mol. The molecule has 6 heteroatoms. The van der Waals surface area contributed by atoms with Gasteiger partial charge in [-0.2, -0.15) is 0 Å². The van der Waals surface area contributed by atoms with Gasteiger partial charge in [0.05, 0.1) is 16.2 Å². The van der Waals surface area contributed by atoms with Crippen LogP contribution in [0.2, 0.25) is 0 Å². The molecule has 4 nitrogen and oxygen atoms in total. The predicted octanol–water partition coefficient (Wildman–Crippen LogP) is 2.16. The van der Waals surface area contributed by atoms with Gasteiger partial charge in [-0.3, -0.25) is 0 Å². The van der Waals surface area contributed by atoms with Crippen LogP contribution in [0.25, 0.3) is 0 Å². The topological polar surface area (TPSA) is 77.4 Å². The second kappa shape index (κ2) is 19.6. The minimum Gasteiger partial charge on any atom is -0.748 e. The standard InChI is InChI=1S/C19H40O4S.Na/c1-2-3-4-5-6-7-8-9-10-11-13-16-19(20)17-14-12-15-18-24(21,22)23;/h19-20H,2-18H2,1H3,(H,21,22,23);/q;+1/p-1. The molecular formula is C19H39NaO4S.